The molecule has 3 aromatic heterocycles. The normalized spacial score (nSPS) is 13.1. The molecule has 0 radical (unpaired) electrons. The average molecular weight is 550 g/mol. The number of carbonyl (C=O) groups is 1. The fourth-order valence-electron chi connectivity index (χ4n) is 4.73. The first-order chi connectivity index (χ1) is 20.1. The second-order valence-electron chi connectivity index (χ2n) is 9.47. The largest absolute Gasteiger partial charge is 0.497 e. The minimum absolute atomic E-state index is 0.0562. The number of benzene rings is 2. The van der Waals surface area contributed by atoms with Crippen molar-refractivity contribution in [3.8, 4) is 17.2 Å². The Kier molecular flexibility index (Phi) is 7.25. The zero-order valence-corrected chi connectivity index (χ0v) is 22.2. The van der Waals surface area contributed by atoms with E-state index >= 15 is 0 Å². The van der Waals surface area contributed by atoms with Gasteiger partial charge in [-0.2, -0.15) is 0 Å². The van der Waals surface area contributed by atoms with Crippen LogP contribution >= 0.6 is 0 Å². The summed E-state index contributed by atoms with van der Waals surface area (Å²) < 4.78 is 10.6. The number of fused-ring (bicyclic) bond motifs is 1. The topological polar surface area (TPSA) is 139 Å². The van der Waals surface area contributed by atoms with Crippen molar-refractivity contribution in [2.45, 2.75) is 19.1 Å². The molecule has 0 bridgehead atoms. The Labute approximate surface area is 235 Å². The molecular formula is C30H27N7O4. The third-order valence-electron chi connectivity index (χ3n) is 6.83. The second kappa shape index (κ2) is 11.4. The highest BCUT2D eigenvalue weighted by Crippen LogP contribution is 2.32. The van der Waals surface area contributed by atoms with Crippen LogP contribution in [-0.4, -0.2) is 49.8 Å². The van der Waals surface area contributed by atoms with Gasteiger partial charge in [0.15, 0.2) is 0 Å². The van der Waals surface area contributed by atoms with Crippen LogP contribution in [0.4, 0.5) is 17.3 Å². The number of nitrogens with zero attached hydrogens (tertiary/aromatic N) is 5. The van der Waals surface area contributed by atoms with Crippen molar-refractivity contribution in [1.29, 1.82) is 0 Å². The summed E-state index contributed by atoms with van der Waals surface area (Å²) in [7, 11) is 1.62. The molecule has 4 heterocycles. The van der Waals surface area contributed by atoms with Gasteiger partial charge in [0.1, 0.15) is 17.4 Å². The monoisotopic (exact) mass is 549 g/mol. The third-order valence-corrected chi connectivity index (χ3v) is 6.83. The number of aliphatic hydroxyl groups excluding tert-OH is 1. The summed E-state index contributed by atoms with van der Waals surface area (Å²) in [6.07, 6.45) is 2.87. The van der Waals surface area contributed by atoms with Crippen molar-refractivity contribution in [2.75, 3.05) is 24.4 Å². The number of pyridine rings is 2. The van der Waals surface area contributed by atoms with Crippen LogP contribution in [0.25, 0.3) is 11.5 Å². The predicted octanol–water partition coefficient (Wildman–Crippen LogP) is 4.58. The van der Waals surface area contributed by atoms with Gasteiger partial charge in [-0.05, 0) is 35.4 Å². The number of amides is 1. The number of hydrogen-bond donors (Lipinski definition) is 3. The van der Waals surface area contributed by atoms with E-state index in [1.54, 1.807) is 36.4 Å². The van der Waals surface area contributed by atoms with Gasteiger partial charge >= 0.3 is 0 Å². The van der Waals surface area contributed by atoms with Crippen LogP contribution in [0.1, 0.15) is 33.2 Å². The molecule has 41 heavy (non-hydrogen) atoms. The lowest BCUT2D eigenvalue weighted by atomic mass is 10.1. The quantitative estimate of drug-likeness (QED) is 0.227. The maximum atomic E-state index is 13.0. The third kappa shape index (κ3) is 5.56. The summed E-state index contributed by atoms with van der Waals surface area (Å²) in [5, 5.41) is 24.5. The lowest BCUT2D eigenvalue weighted by Gasteiger charge is -2.20. The molecule has 0 aliphatic carbocycles. The standard InChI is InChI=1S/C30H27N7O4/c1-40-21-9-7-19(8-10-21)15-37-16-25-22(30(37)39)11-12-27(34-25)35-28-13-24(23(14-31-28)29-36-32-18-41-29)33-26(17-38)20-5-3-2-4-6-20/h2-14,18,26,38H,15-17H2,1H3,(H2,31,33,34,35)/t26-/m1/s1. The number of anilines is 3. The first-order valence-electron chi connectivity index (χ1n) is 13.0. The van der Waals surface area contributed by atoms with Gasteiger partial charge in [-0.1, -0.05) is 42.5 Å². The van der Waals surface area contributed by atoms with Crippen LogP contribution in [-0.2, 0) is 13.1 Å². The Morgan fingerprint density at radius 1 is 1.05 bits per heavy atom. The molecular weight excluding hydrogens is 522 g/mol. The van der Waals surface area contributed by atoms with Crippen LogP contribution in [0, 0.1) is 0 Å². The second-order valence-corrected chi connectivity index (χ2v) is 9.47. The van der Waals surface area contributed by atoms with Gasteiger partial charge in [0.05, 0.1) is 48.8 Å². The average Bonchev–Trinajstić information content (AvgIpc) is 3.65. The van der Waals surface area contributed by atoms with Gasteiger partial charge in [-0.3, -0.25) is 4.79 Å². The number of aromatic nitrogens is 4. The zero-order chi connectivity index (χ0) is 28.2. The van der Waals surface area contributed by atoms with E-state index in [0.717, 1.165) is 16.9 Å². The maximum absolute atomic E-state index is 13.0. The van der Waals surface area contributed by atoms with E-state index in [-0.39, 0.29) is 18.6 Å². The number of hydrogen-bond acceptors (Lipinski definition) is 10. The number of rotatable bonds is 10. The van der Waals surface area contributed by atoms with Crippen molar-refractivity contribution >= 4 is 23.2 Å². The molecule has 1 aliphatic heterocycles. The van der Waals surface area contributed by atoms with Gasteiger partial charge in [-0.15, -0.1) is 10.2 Å². The van der Waals surface area contributed by atoms with E-state index in [9.17, 15) is 9.90 Å². The highest BCUT2D eigenvalue weighted by molar-refractivity contribution is 5.98. The molecule has 0 spiro atoms. The van der Waals surface area contributed by atoms with Gasteiger partial charge in [0.2, 0.25) is 6.39 Å². The van der Waals surface area contributed by atoms with Crippen molar-refractivity contribution in [3.63, 3.8) is 0 Å². The lowest BCUT2D eigenvalue weighted by molar-refractivity contribution is 0.0766. The van der Waals surface area contributed by atoms with Crippen molar-refractivity contribution < 1.29 is 19.1 Å². The Bertz CT molecular complexity index is 1640. The summed E-state index contributed by atoms with van der Waals surface area (Å²) in [4.78, 5) is 24.0. The summed E-state index contributed by atoms with van der Waals surface area (Å²) in [5.74, 6) is 2.06. The number of methoxy groups -OCH3 is 1. The molecule has 0 saturated heterocycles. The number of carbonyl (C=O) groups excluding carboxylic acids is 1. The van der Waals surface area contributed by atoms with Gasteiger partial charge in [-0.25, -0.2) is 9.97 Å². The first kappa shape index (κ1) is 26.0. The van der Waals surface area contributed by atoms with E-state index in [1.807, 2.05) is 54.6 Å². The summed E-state index contributed by atoms with van der Waals surface area (Å²) in [6.45, 7) is 0.746. The van der Waals surface area contributed by atoms with Crippen molar-refractivity contribution in [1.82, 2.24) is 25.1 Å². The minimum atomic E-state index is -0.381. The van der Waals surface area contributed by atoms with E-state index in [4.69, 9.17) is 14.1 Å². The fraction of sp³-hybridized carbons (Fsp3) is 0.167. The summed E-state index contributed by atoms with van der Waals surface area (Å²) in [5.41, 5.74) is 4.42. The molecule has 5 aromatic rings. The highest BCUT2D eigenvalue weighted by Gasteiger charge is 2.29. The van der Waals surface area contributed by atoms with E-state index < -0.39 is 0 Å². The zero-order valence-electron chi connectivity index (χ0n) is 22.2. The Morgan fingerprint density at radius 2 is 1.88 bits per heavy atom. The van der Waals surface area contributed by atoms with E-state index in [1.165, 1.54) is 6.39 Å². The fourth-order valence-corrected chi connectivity index (χ4v) is 4.73. The van der Waals surface area contributed by atoms with Gasteiger partial charge in [0.25, 0.3) is 11.8 Å². The van der Waals surface area contributed by atoms with Crippen molar-refractivity contribution in [3.05, 3.63) is 108 Å². The molecule has 206 valence electrons. The minimum Gasteiger partial charge on any atom is -0.497 e. The molecule has 3 N–H and O–H groups in total. The molecule has 0 saturated carbocycles. The molecule has 1 aliphatic rings. The maximum Gasteiger partial charge on any atom is 0.256 e. The van der Waals surface area contributed by atoms with Crippen LogP contribution < -0.4 is 15.4 Å². The van der Waals surface area contributed by atoms with Crippen molar-refractivity contribution in [2.24, 2.45) is 0 Å². The predicted molar refractivity (Wildman–Crippen MR) is 152 cm³/mol. The van der Waals surface area contributed by atoms with Crippen LogP contribution in [0.3, 0.4) is 0 Å². The Hall–Kier alpha value is -5.29. The Morgan fingerprint density at radius 3 is 2.61 bits per heavy atom. The number of ether oxygens (including phenoxy) is 1. The molecule has 1 amide bonds. The number of nitrogens with one attached hydrogen (secondary N) is 2. The summed E-state index contributed by atoms with van der Waals surface area (Å²) in [6, 6.07) is 22.2. The van der Waals surface area contributed by atoms with Gasteiger partial charge in [0, 0.05) is 18.8 Å². The molecule has 2 aromatic carbocycles. The molecule has 11 heteroatoms. The van der Waals surface area contributed by atoms with E-state index in [2.05, 4.69) is 25.8 Å². The van der Waals surface area contributed by atoms with E-state index in [0.29, 0.717) is 53.1 Å². The summed E-state index contributed by atoms with van der Waals surface area (Å²) >= 11 is 0. The lowest BCUT2D eigenvalue weighted by Crippen LogP contribution is -2.23. The smallest absolute Gasteiger partial charge is 0.256 e. The van der Waals surface area contributed by atoms with Crippen LogP contribution in [0.2, 0.25) is 0 Å². The SMILES string of the molecule is COc1ccc(CN2Cc3nc(Nc4cc(N[C@H](CO)c5ccccc5)c(-c5nnco5)cn4)ccc3C2=O)cc1. The molecule has 6 rings (SSSR count). The number of aliphatic hydroxyl groups is 1. The van der Waals surface area contributed by atoms with Crippen LogP contribution in [0.5, 0.6) is 5.75 Å². The molecule has 0 fully saturated rings. The Balaban J connectivity index is 1.22. The van der Waals surface area contributed by atoms with Gasteiger partial charge < -0.3 is 29.8 Å². The molecule has 11 nitrogen and oxygen atoms in total. The highest BCUT2D eigenvalue weighted by atomic mass is 16.5. The van der Waals surface area contributed by atoms with Crippen LogP contribution in [0.15, 0.2) is 89.8 Å². The molecule has 1 atom stereocenters. The molecule has 0 unspecified atom stereocenters. The first-order valence-corrected chi connectivity index (χ1v) is 13.0.